The van der Waals surface area contributed by atoms with E-state index in [0.29, 0.717) is 33.5 Å². The van der Waals surface area contributed by atoms with Crippen LogP contribution in [0.4, 0.5) is 0 Å². The van der Waals surface area contributed by atoms with E-state index in [-0.39, 0.29) is 11.5 Å². The fourth-order valence-electron chi connectivity index (χ4n) is 11.4. The van der Waals surface area contributed by atoms with Crippen LogP contribution in [0.2, 0.25) is 0 Å². The third-order valence-electron chi connectivity index (χ3n) is 13.6. The molecule has 1 nitrogen and oxygen atoms in total. The topological polar surface area (TPSA) is 20.2 Å². The van der Waals surface area contributed by atoms with Crippen molar-refractivity contribution >= 4 is 0 Å². The second-order valence-corrected chi connectivity index (χ2v) is 14.7. The first-order valence-electron chi connectivity index (χ1n) is 13.7. The Hall–Kier alpha value is -0.300. The highest BCUT2D eigenvalue weighted by molar-refractivity contribution is 5.21. The van der Waals surface area contributed by atoms with Crippen molar-refractivity contribution in [3.8, 4) is 0 Å². The Balaban J connectivity index is 1.54. The summed E-state index contributed by atoms with van der Waals surface area (Å²) in [7, 11) is 0. The maximum atomic E-state index is 10.9. The first-order chi connectivity index (χ1) is 14.3. The standard InChI is InChI=1S/C30H50O/c1-19-11-14-27(5)17-18-29(7)21(25(27)20(19)2)9-10-23-28(6)15-13-24(31)26(3,4)22(28)12-16-30(23,29)8/h20-25,31H,1,9-18H2,2-8H3/t20-,21+,22-,23+,24-,25-,27+,28-,29+,30+/m0/s1. The van der Waals surface area contributed by atoms with Gasteiger partial charge in [0.1, 0.15) is 0 Å². The quantitative estimate of drug-likeness (QED) is 0.389. The first kappa shape index (κ1) is 22.5. The van der Waals surface area contributed by atoms with E-state index in [1.165, 1.54) is 63.4 Å². The molecule has 10 atom stereocenters. The fraction of sp³-hybridized carbons (Fsp3) is 0.933. The fourth-order valence-corrected chi connectivity index (χ4v) is 11.4. The number of fused-ring (bicyclic) bond motifs is 7. The van der Waals surface area contributed by atoms with Crippen LogP contribution in [-0.4, -0.2) is 11.2 Å². The minimum Gasteiger partial charge on any atom is -0.393 e. The van der Waals surface area contributed by atoms with Crippen molar-refractivity contribution in [1.29, 1.82) is 0 Å². The molecule has 5 fully saturated rings. The maximum Gasteiger partial charge on any atom is 0.0594 e. The zero-order chi connectivity index (χ0) is 22.6. The van der Waals surface area contributed by atoms with Gasteiger partial charge in [-0.05, 0) is 121 Å². The molecule has 0 aromatic rings. The molecule has 1 heteroatoms. The molecule has 0 amide bonds. The van der Waals surface area contributed by atoms with Crippen LogP contribution in [0.15, 0.2) is 12.2 Å². The highest BCUT2D eigenvalue weighted by Crippen LogP contribution is 2.76. The summed E-state index contributed by atoms with van der Waals surface area (Å²) < 4.78 is 0. The highest BCUT2D eigenvalue weighted by atomic mass is 16.3. The SMILES string of the molecule is C=C1CC[C@]2(C)CC[C@]3(C)[C@H](CC[C@@H]4[C@@]5(C)CC[C@H](O)C(C)(C)[C@@H]5CC[C@]43C)[C@@H]2[C@H]1C. The normalized spacial score (nSPS) is 58.5. The molecule has 0 aromatic carbocycles. The molecule has 5 saturated carbocycles. The molecule has 5 aliphatic rings. The zero-order valence-corrected chi connectivity index (χ0v) is 21.7. The van der Waals surface area contributed by atoms with Gasteiger partial charge in [-0.1, -0.05) is 60.6 Å². The smallest absolute Gasteiger partial charge is 0.0594 e. The Bertz CT molecular complexity index is 766. The van der Waals surface area contributed by atoms with Crippen LogP contribution < -0.4 is 0 Å². The van der Waals surface area contributed by atoms with Gasteiger partial charge in [0.25, 0.3) is 0 Å². The van der Waals surface area contributed by atoms with Gasteiger partial charge in [0, 0.05) is 0 Å². The summed E-state index contributed by atoms with van der Waals surface area (Å²) in [6.07, 6.45) is 13.2. The largest absolute Gasteiger partial charge is 0.393 e. The van der Waals surface area contributed by atoms with E-state index in [2.05, 4.69) is 55.0 Å². The Morgan fingerprint density at radius 2 is 1.48 bits per heavy atom. The summed E-state index contributed by atoms with van der Waals surface area (Å²) in [5.41, 5.74) is 3.43. The molecule has 0 spiro atoms. The lowest BCUT2D eigenvalue weighted by Gasteiger charge is -2.73. The molecule has 0 bridgehead atoms. The van der Waals surface area contributed by atoms with Gasteiger partial charge in [-0.3, -0.25) is 0 Å². The third-order valence-corrected chi connectivity index (χ3v) is 13.6. The van der Waals surface area contributed by atoms with E-state index in [0.717, 1.165) is 24.2 Å². The van der Waals surface area contributed by atoms with Gasteiger partial charge in [0.15, 0.2) is 0 Å². The van der Waals surface area contributed by atoms with Crippen LogP contribution in [0.25, 0.3) is 0 Å². The zero-order valence-electron chi connectivity index (χ0n) is 21.7. The first-order valence-corrected chi connectivity index (χ1v) is 13.7. The van der Waals surface area contributed by atoms with Crippen LogP contribution in [0.5, 0.6) is 0 Å². The lowest BCUT2D eigenvalue weighted by Crippen LogP contribution is -2.67. The number of aliphatic hydroxyl groups is 1. The molecular weight excluding hydrogens is 376 g/mol. The molecule has 0 aliphatic heterocycles. The molecule has 0 unspecified atom stereocenters. The van der Waals surface area contributed by atoms with Crippen molar-refractivity contribution < 1.29 is 5.11 Å². The van der Waals surface area contributed by atoms with E-state index in [9.17, 15) is 5.11 Å². The molecular formula is C30H50O. The number of allylic oxidation sites excluding steroid dienone is 1. The van der Waals surface area contributed by atoms with Gasteiger partial charge < -0.3 is 5.11 Å². The van der Waals surface area contributed by atoms with E-state index >= 15 is 0 Å². The Morgan fingerprint density at radius 3 is 2.19 bits per heavy atom. The van der Waals surface area contributed by atoms with Crippen LogP contribution in [0, 0.1) is 56.7 Å². The van der Waals surface area contributed by atoms with Crippen molar-refractivity contribution in [3.63, 3.8) is 0 Å². The predicted octanol–water partition coefficient (Wildman–Crippen LogP) is 8.02. The van der Waals surface area contributed by atoms with Crippen LogP contribution in [0.1, 0.15) is 113 Å². The molecule has 5 rings (SSSR count). The second-order valence-electron chi connectivity index (χ2n) is 14.7. The highest BCUT2D eigenvalue weighted by Gasteiger charge is 2.69. The van der Waals surface area contributed by atoms with Crippen molar-refractivity contribution in [1.82, 2.24) is 0 Å². The van der Waals surface area contributed by atoms with Gasteiger partial charge in [0.2, 0.25) is 0 Å². The summed E-state index contributed by atoms with van der Waals surface area (Å²) in [6, 6.07) is 0. The van der Waals surface area contributed by atoms with Crippen molar-refractivity contribution in [3.05, 3.63) is 12.2 Å². The van der Waals surface area contributed by atoms with Crippen molar-refractivity contribution in [2.75, 3.05) is 0 Å². The summed E-state index contributed by atoms with van der Waals surface area (Å²) in [4.78, 5) is 0. The Morgan fingerprint density at radius 1 is 0.774 bits per heavy atom. The van der Waals surface area contributed by atoms with Gasteiger partial charge in [-0.15, -0.1) is 0 Å². The average molecular weight is 427 g/mol. The minimum atomic E-state index is -0.119. The van der Waals surface area contributed by atoms with Crippen molar-refractivity contribution in [2.45, 2.75) is 119 Å². The number of hydrogen-bond donors (Lipinski definition) is 1. The van der Waals surface area contributed by atoms with Gasteiger partial charge in [-0.2, -0.15) is 0 Å². The molecule has 0 heterocycles. The minimum absolute atomic E-state index is 0.0623. The summed E-state index contributed by atoms with van der Waals surface area (Å²) in [6.45, 7) is 22.6. The molecule has 0 radical (unpaired) electrons. The molecule has 0 aromatic heterocycles. The summed E-state index contributed by atoms with van der Waals surface area (Å²) in [5.74, 6) is 3.88. The second kappa shape index (κ2) is 6.64. The summed E-state index contributed by atoms with van der Waals surface area (Å²) in [5, 5.41) is 10.9. The summed E-state index contributed by atoms with van der Waals surface area (Å²) >= 11 is 0. The van der Waals surface area contributed by atoms with Gasteiger partial charge >= 0.3 is 0 Å². The third kappa shape index (κ3) is 2.65. The Labute approximate surface area is 192 Å². The molecule has 1 N–H and O–H groups in total. The number of aliphatic hydroxyl groups excluding tert-OH is 1. The molecule has 5 aliphatic carbocycles. The van der Waals surface area contributed by atoms with Crippen LogP contribution in [0.3, 0.4) is 0 Å². The molecule has 176 valence electrons. The van der Waals surface area contributed by atoms with E-state index in [1.54, 1.807) is 0 Å². The van der Waals surface area contributed by atoms with Gasteiger partial charge in [0.05, 0.1) is 6.10 Å². The monoisotopic (exact) mass is 426 g/mol. The van der Waals surface area contributed by atoms with Crippen molar-refractivity contribution in [2.24, 2.45) is 56.7 Å². The molecule has 31 heavy (non-hydrogen) atoms. The van der Waals surface area contributed by atoms with E-state index < -0.39 is 0 Å². The maximum absolute atomic E-state index is 10.9. The number of rotatable bonds is 0. The molecule has 0 saturated heterocycles. The Kier molecular flexibility index (Phi) is 4.82. The van der Waals surface area contributed by atoms with Crippen LogP contribution >= 0.6 is 0 Å². The van der Waals surface area contributed by atoms with Gasteiger partial charge in [-0.25, -0.2) is 0 Å². The predicted molar refractivity (Wildman–Crippen MR) is 131 cm³/mol. The van der Waals surface area contributed by atoms with Crippen LogP contribution in [-0.2, 0) is 0 Å². The number of hydrogen-bond acceptors (Lipinski definition) is 1. The van der Waals surface area contributed by atoms with E-state index in [4.69, 9.17) is 0 Å². The lowest BCUT2D eigenvalue weighted by molar-refractivity contribution is -0.251. The van der Waals surface area contributed by atoms with E-state index in [1.807, 2.05) is 0 Å². The lowest BCUT2D eigenvalue weighted by atomic mass is 9.31. The average Bonchev–Trinajstić information content (AvgIpc) is 2.69.